The van der Waals surface area contributed by atoms with Crippen LogP contribution < -0.4 is 4.74 Å². The van der Waals surface area contributed by atoms with Crippen LogP contribution in [0, 0.1) is 10.1 Å². The SMILES string of the molecule is O=C(OCc1nnc(-c2ccc([N+](=O)[O-])cc2)o1)c1ccc(Oc2ccccc2)cc1. The van der Waals surface area contributed by atoms with E-state index in [4.69, 9.17) is 13.9 Å². The second kappa shape index (κ2) is 8.87. The summed E-state index contributed by atoms with van der Waals surface area (Å²) in [6.07, 6.45) is 0. The Hall–Kier alpha value is -4.53. The van der Waals surface area contributed by atoms with E-state index in [-0.39, 0.29) is 24.1 Å². The fourth-order valence-electron chi connectivity index (χ4n) is 2.65. The van der Waals surface area contributed by atoms with Gasteiger partial charge in [-0.05, 0) is 48.5 Å². The molecule has 0 aliphatic heterocycles. The number of non-ortho nitro benzene ring substituents is 1. The Bertz CT molecular complexity index is 1190. The van der Waals surface area contributed by atoms with Gasteiger partial charge in [-0.15, -0.1) is 10.2 Å². The van der Waals surface area contributed by atoms with Crippen molar-refractivity contribution in [2.75, 3.05) is 0 Å². The van der Waals surface area contributed by atoms with E-state index in [0.29, 0.717) is 22.6 Å². The highest BCUT2D eigenvalue weighted by molar-refractivity contribution is 5.89. The Morgan fingerprint density at radius 2 is 1.58 bits per heavy atom. The number of hydrogen-bond acceptors (Lipinski definition) is 8. The maximum Gasteiger partial charge on any atom is 0.338 e. The van der Waals surface area contributed by atoms with Gasteiger partial charge in [0.2, 0.25) is 5.89 Å². The molecule has 1 aromatic heterocycles. The molecule has 0 aliphatic rings. The van der Waals surface area contributed by atoms with Gasteiger partial charge in [-0.1, -0.05) is 18.2 Å². The van der Waals surface area contributed by atoms with Crippen molar-refractivity contribution < 1.29 is 23.6 Å². The van der Waals surface area contributed by atoms with Crippen LogP contribution in [0.5, 0.6) is 11.5 Å². The second-order valence-corrected chi connectivity index (χ2v) is 6.32. The third-order valence-corrected chi connectivity index (χ3v) is 4.19. The maximum atomic E-state index is 12.2. The first-order valence-corrected chi connectivity index (χ1v) is 9.16. The molecule has 4 aromatic rings. The monoisotopic (exact) mass is 417 g/mol. The zero-order chi connectivity index (χ0) is 21.6. The van der Waals surface area contributed by atoms with Crippen LogP contribution >= 0.6 is 0 Å². The summed E-state index contributed by atoms with van der Waals surface area (Å²) in [4.78, 5) is 22.5. The lowest BCUT2D eigenvalue weighted by molar-refractivity contribution is -0.384. The number of rotatable bonds is 7. The number of benzene rings is 3. The summed E-state index contributed by atoms with van der Waals surface area (Å²) < 4.78 is 16.3. The van der Waals surface area contributed by atoms with E-state index in [1.54, 1.807) is 24.3 Å². The normalized spacial score (nSPS) is 10.5. The molecule has 9 heteroatoms. The molecular weight excluding hydrogens is 402 g/mol. The highest BCUT2D eigenvalue weighted by Gasteiger charge is 2.14. The summed E-state index contributed by atoms with van der Waals surface area (Å²) >= 11 is 0. The summed E-state index contributed by atoms with van der Waals surface area (Å²) in [6.45, 7) is -0.207. The van der Waals surface area contributed by atoms with E-state index in [9.17, 15) is 14.9 Å². The van der Waals surface area contributed by atoms with Crippen LogP contribution in [-0.2, 0) is 11.3 Å². The highest BCUT2D eigenvalue weighted by Crippen LogP contribution is 2.23. The van der Waals surface area contributed by atoms with Gasteiger partial charge in [0.15, 0.2) is 6.61 Å². The van der Waals surface area contributed by atoms with Gasteiger partial charge in [0.1, 0.15) is 11.5 Å². The molecule has 4 rings (SSSR count). The van der Waals surface area contributed by atoms with Gasteiger partial charge in [-0.3, -0.25) is 10.1 Å². The van der Waals surface area contributed by atoms with Crippen molar-refractivity contribution in [2.45, 2.75) is 6.61 Å². The standard InChI is InChI=1S/C22H15N3O6/c26-22(16-8-12-19(13-9-16)30-18-4-2-1-3-5-18)29-14-20-23-24-21(31-20)15-6-10-17(11-7-15)25(27)28/h1-13H,14H2. The van der Waals surface area contributed by atoms with Crippen LogP contribution in [-0.4, -0.2) is 21.1 Å². The molecule has 1 heterocycles. The number of para-hydroxylation sites is 1. The van der Waals surface area contributed by atoms with Gasteiger partial charge < -0.3 is 13.9 Å². The average Bonchev–Trinajstić information content (AvgIpc) is 3.28. The first-order valence-electron chi connectivity index (χ1n) is 9.16. The number of ether oxygens (including phenoxy) is 2. The van der Waals surface area contributed by atoms with Crippen LogP contribution in [0.2, 0.25) is 0 Å². The van der Waals surface area contributed by atoms with Crippen LogP contribution in [0.4, 0.5) is 5.69 Å². The molecule has 0 aliphatic carbocycles. The van der Waals surface area contributed by atoms with Crippen molar-refractivity contribution >= 4 is 11.7 Å². The number of esters is 1. The molecule has 0 saturated heterocycles. The largest absolute Gasteiger partial charge is 0.457 e. The first-order chi connectivity index (χ1) is 15.1. The van der Waals surface area contributed by atoms with E-state index in [1.165, 1.54) is 24.3 Å². The number of nitrogens with zero attached hydrogens (tertiary/aromatic N) is 3. The Morgan fingerprint density at radius 3 is 2.26 bits per heavy atom. The van der Waals surface area contributed by atoms with Crippen molar-refractivity contribution in [3.8, 4) is 23.0 Å². The highest BCUT2D eigenvalue weighted by atomic mass is 16.6. The fraction of sp³-hybridized carbons (Fsp3) is 0.0455. The molecule has 3 aromatic carbocycles. The molecule has 0 fully saturated rings. The smallest absolute Gasteiger partial charge is 0.338 e. The van der Waals surface area contributed by atoms with E-state index in [2.05, 4.69) is 10.2 Å². The Balaban J connectivity index is 1.34. The molecular formula is C22H15N3O6. The molecule has 0 atom stereocenters. The minimum Gasteiger partial charge on any atom is -0.457 e. The first kappa shape index (κ1) is 19.8. The number of carbonyl (C=O) groups excluding carboxylic acids is 1. The molecule has 0 bridgehead atoms. The van der Waals surface area contributed by atoms with Gasteiger partial charge in [0.05, 0.1) is 10.5 Å². The molecule has 0 amide bonds. The molecule has 0 unspecified atom stereocenters. The summed E-state index contributed by atoms with van der Waals surface area (Å²) in [5.74, 6) is 1.00. The molecule has 0 spiro atoms. The van der Waals surface area contributed by atoms with Crippen molar-refractivity contribution in [1.82, 2.24) is 10.2 Å². The lowest BCUT2D eigenvalue weighted by Gasteiger charge is -2.06. The summed E-state index contributed by atoms with van der Waals surface area (Å²) in [5.41, 5.74) is 0.817. The van der Waals surface area contributed by atoms with Crippen LogP contribution in [0.15, 0.2) is 83.3 Å². The van der Waals surface area contributed by atoms with Gasteiger partial charge in [0.25, 0.3) is 11.6 Å². The number of nitro benzene ring substituents is 1. The quantitative estimate of drug-likeness (QED) is 0.239. The van der Waals surface area contributed by atoms with E-state index in [0.717, 1.165) is 0 Å². The van der Waals surface area contributed by atoms with Crippen molar-refractivity contribution in [2.24, 2.45) is 0 Å². The van der Waals surface area contributed by atoms with Crippen molar-refractivity contribution in [3.63, 3.8) is 0 Å². The lowest BCUT2D eigenvalue weighted by atomic mass is 10.2. The summed E-state index contributed by atoms with van der Waals surface area (Å²) in [5, 5.41) is 18.4. The van der Waals surface area contributed by atoms with Crippen molar-refractivity contribution in [1.29, 1.82) is 0 Å². The number of nitro groups is 1. The maximum absolute atomic E-state index is 12.2. The minimum atomic E-state index is -0.554. The van der Waals surface area contributed by atoms with Crippen LogP contribution in [0.3, 0.4) is 0 Å². The predicted molar refractivity (Wildman–Crippen MR) is 108 cm³/mol. The van der Waals surface area contributed by atoms with Gasteiger partial charge >= 0.3 is 5.97 Å². The molecule has 0 saturated carbocycles. The van der Waals surface area contributed by atoms with E-state index < -0.39 is 10.9 Å². The fourth-order valence-corrected chi connectivity index (χ4v) is 2.65. The van der Waals surface area contributed by atoms with Gasteiger partial charge in [-0.2, -0.15) is 0 Å². The second-order valence-electron chi connectivity index (χ2n) is 6.32. The molecule has 0 N–H and O–H groups in total. The Labute approximate surface area is 176 Å². The molecule has 154 valence electrons. The van der Waals surface area contributed by atoms with Crippen molar-refractivity contribution in [3.05, 3.63) is 100 Å². The summed E-state index contributed by atoms with van der Waals surface area (Å²) in [7, 11) is 0. The van der Waals surface area contributed by atoms with E-state index >= 15 is 0 Å². The third-order valence-electron chi connectivity index (χ3n) is 4.19. The number of hydrogen-bond donors (Lipinski definition) is 0. The average molecular weight is 417 g/mol. The van der Waals surface area contributed by atoms with Crippen LogP contribution in [0.1, 0.15) is 16.2 Å². The zero-order valence-corrected chi connectivity index (χ0v) is 16.0. The van der Waals surface area contributed by atoms with Gasteiger partial charge in [-0.25, -0.2) is 4.79 Å². The number of carbonyl (C=O) groups is 1. The minimum absolute atomic E-state index is 0.0439. The molecule has 31 heavy (non-hydrogen) atoms. The van der Waals surface area contributed by atoms with E-state index in [1.807, 2.05) is 30.3 Å². The Kier molecular flexibility index (Phi) is 5.66. The molecule has 9 nitrogen and oxygen atoms in total. The zero-order valence-electron chi connectivity index (χ0n) is 16.0. The summed E-state index contributed by atoms with van der Waals surface area (Å²) in [6, 6.07) is 21.5. The van der Waals surface area contributed by atoms with Gasteiger partial charge in [0, 0.05) is 17.7 Å². The molecule has 0 radical (unpaired) electrons. The third kappa shape index (κ3) is 4.91. The lowest BCUT2D eigenvalue weighted by Crippen LogP contribution is -2.05. The number of aromatic nitrogens is 2. The predicted octanol–water partition coefficient (Wildman–Crippen LogP) is 4.79. The topological polar surface area (TPSA) is 118 Å². The van der Waals surface area contributed by atoms with Crippen LogP contribution in [0.25, 0.3) is 11.5 Å². The Morgan fingerprint density at radius 1 is 0.903 bits per heavy atom.